The fourth-order valence-corrected chi connectivity index (χ4v) is 5.74. The number of carbonyl (C=O) groups excluding carboxylic acids is 1. The number of hydrogen-bond donors (Lipinski definition) is 3. The summed E-state index contributed by atoms with van der Waals surface area (Å²) in [5.41, 5.74) is 2.89. The monoisotopic (exact) mass is 568 g/mol. The number of nitrogens with one attached hydrogen (secondary N) is 2. The molecular weight excluding hydrogens is 545 g/mol. The summed E-state index contributed by atoms with van der Waals surface area (Å²) in [7, 11) is 0. The van der Waals surface area contributed by atoms with Crippen LogP contribution in [0.15, 0.2) is 64.0 Å². The van der Waals surface area contributed by atoms with Crippen LogP contribution in [0.3, 0.4) is 0 Å². The summed E-state index contributed by atoms with van der Waals surface area (Å²) in [5, 5.41) is 22.8. The van der Waals surface area contributed by atoms with Crippen LogP contribution in [0, 0.1) is 0 Å². The second-order valence-electron chi connectivity index (χ2n) is 9.55. The molecule has 1 fully saturated rings. The van der Waals surface area contributed by atoms with Gasteiger partial charge in [-0.2, -0.15) is 13.2 Å². The predicted molar refractivity (Wildman–Crippen MR) is 142 cm³/mol. The molecule has 0 spiro atoms. The Balaban J connectivity index is 1.32. The summed E-state index contributed by atoms with van der Waals surface area (Å²) in [6, 6.07) is 16.3. The molecule has 6 rings (SSSR count). The standard InChI is InChI=1S/C27H23F3N6O3S/c28-27(29,30)25-33-21(24(40-25)31-17-11-6-12-18(17)37)23-35-36-26(39-23)34-22-19(38)13-15-9-4-5-10-16(15)20(32-22)14-7-2-1-3-8-14/h1-5,7-10,17-18,22,31,37H,6,11-13H2,(H,34,36)/t17-,18+,22-/m1/s1. The highest BCUT2D eigenvalue weighted by Gasteiger charge is 2.38. The molecule has 0 radical (unpaired) electrons. The van der Waals surface area contributed by atoms with Crippen molar-refractivity contribution in [2.45, 2.75) is 50.2 Å². The summed E-state index contributed by atoms with van der Waals surface area (Å²) in [6.07, 6.45) is -4.44. The Morgan fingerprint density at radius 3 is 2.52 bits per heavy atom. The molecule has 4 aromatic rings. The van der Waals surface area contributed by atoms with E-state index in [4.69, 9.17) is 9.41 Å². The first-order valence-electron chi connectivity index (χ1n) is 12.6. The number of nitrogens with zero attached hydrogens (tertiary/aromatic N) is 4. The number of ketones is 1. The van der Waals surface area contributed by atoms with Crippen molar-refractivity contribution >= 4 is 33.8 Å². The van der Waals surface area contributed by atoms with Crippen molar-refractivity contribution in [1.82, 2.24) is 15.2 Å². The number of fused-ring (bicyclic) bond motifs is 1. The van der Waals surface area contributed by atoms with E-state index in [1.165, 1.54) is 0 Å². The van der Waals surface area contributed by atoms with Crippen LogP contribution in [0.4, 0.5) is 24.2 Å². The topological polar surface area (TPSA) is 126 Å². The minimum Gasteiger partial charge on any atom is -0.402 e. The molecule has 40 heavy (non-hydrogen) atoms. The number of hydrogen-bond acceptors (Lipinski definition) is 10. The van der Waals surface area contributed by atoms with Crippen molar-refractivity contribution in [3.05, 3.63) is 76.3 Å². The maximum atomic E-state index is 13.5. The fraction of sp³-hybridized carbons (Fsp3) is 0.296. The van der Waals surface area contributed by atoms with Gasteiger partial charge < -0.3 is 20.2 Å². The number of benzene rings is 2. The van der Waals surface area contributed by atoms with Crippen LogP contribution in [0.1, 0.15) is 41.0 Å². The number of aliphatic imine (C=N–C) groups is 1. The number of halogens is 3. The maximum Gasteiger partial charge on any atom is 0.443 e. The van der Waals surface area contributed by atoms with Crippen LogP contribution in [0.2, 0.25) is 0 Å². The number of Topliss-reactive ketones (excluding diaryl/α,β-unsaturated/α-hetero) is 1. The predicted octanol–water partition coefficient (Wildman–Crippen LogP) is 4.94. The molecule has 2 aromatic carbocycles. The molecule has 0 bridgehead atoms. The van der Waals surface area contributed by atoms with Gasteiger partial charge in [-0.15, -0.1) is 5.10 Å². The molecule has 0 saturated heterocycles. The summed E-state index contributed by atoms with van der Waals surface area (Å²) in [6.45, 7) is 0. The average molecular weight is 569 g/mol. The second kappa shape index (κ2) is 10.5. The summed E-state index contributed by atoms with van der Waals surface area (Å²) in [5.74, 6) is -0.510. The van der Waals surface area contributed by atoms with Crippen LogP contribution in [0.5, 0.6) is 0 Å². The molecular formula is C27H23F3N6O3S. The van der Waals surface area contributed by atoms with Crippen molar-refractivity contribution in [2.24, 2.45) is 4.99 Å². The van der Waals surface area contributed by atoms with Gasteiger partial charge in [-0.3, -0.25) is 9.79 Å². The van der Waals surface area contributed by atoms with Gasteiger partial charge in [-0.05, 0) is 24.8 Å². The van der Waals surface area contributed by atoms with Gasteiger partial charge in [0.15, 0.2) is 17.6 Å². The van der Waals surface area contributed by atoms with Crippen LogP contribution < -0.4 is 10.6 Å². The maximum absolute atomic E-state index is 13.5. The summed E-state index contributed by atoms with van der Waals surface area (Å²) >= 11 is 0.407. The number of alkyl halides is 3. The first-order valence-corrected chi connectivity index (χ1v) is 13.4. The zero-order valence-electron chi connectivity index (χ0n) is 20.9. The van der Waals surface area contributed by atoms with Crippen molar-refractivity contribution in [3.8, 4) is 11.6 Å². The first kappa shape index (κ1) is 26.1. The Morgan fingerprint density at radius 2 is 1.77 bits per heavy atom. The van der Waals surface area contributed by atoms with E-state index in [0.717, 1.165) is 23.1 Å². The normalized spacial score (nSPS) is 21.1. The Kier molecular flexibility index (Phi) is 6.84. The Hall–Kier alpha value is -4.10. The number of aliphatic hydroxyl groups excluding tert-OH is 1. The third-order valence-electron chi connectivity index (χ3n) is 6.80. The number of anilines is 2. The number of carbonyl (C=O) groups is 1. The molecule has 1 aliphatic heterocycles. The van der Waals surface area contributed by atoms with E-state index in [1.807, 2.05) is 54.6 Å². The lowest BCUT2D eigenvalue weighted by Gasteiger charge is -2.16. The molecule has 3 N–H and O–H groups in total. The van der Waals surface area contributed by atoms with Gasteiger partial charge in [0.25, 0.3) is 5.89 Å². The van der Waals surface area contributed by atoms with Crippen molar-refractivity contribution in [1.29, 1.82) is 0 Å². The highest BCUT2D eigenvalue weighted by molar-refractivity contribution is 7.16. The zero-order valence-corrected chi connectivity index (χ0v) is 21.7. The van der Waals surface area contributed by atoms with Crippen LogP contribution in [-0.2, 0) is 17.4 Å². The largest absolute Gasteiger partial charge is 0.443 e. The van der Waals surface area contributed by atoms with E-state index < -0.39 is 29.5 Å². The van der Waals surface area contributed by atoms with Gasteiger partial charge in [-0.1, -0.05) is 71.0 Å². The van der Waals surface area contributed by atoms with Crippen LogP contribution in [0.25, 0.3) is 11.6 Å². The smallest absolute Gasteiger partial charge is 0.402 e. The molecule has 3 atom stereocenters. The van der Waals surface area contributed by atoms with E-state index in [1.54, 1.807) is 0 Å². The molecule has 9 nitrogen and oxygen atoms in total. The summed E-state index contributed by atoms with van der Waals surface area (Å²) < 4.78 is 46.2. The minimum absolute atomic E-state index is 0.0684. The zero-order chi connectivity index (χ0) is 27.9. The average Bonchev–Trinajstić information content (AvgIpc) is 3.66. The van der Waals surface area contributed by atoms with Gasteiger partial charge >= 0.3 is 12.2 Å². The van der Waals surface area contributed by atoms with Gasteiger partial charge in [0, 0.05) is 17.5 Å². The third kappa shape index (κ3) is 5.21. The summed E-state index contributed by atoms with van der Waals surface area (Å²) in [4.78, 5) is 21.6. The minimum atomic E-state index is -4.68. The van der Waals surface area contributed by atoms with E-state index in [9.17, 15) is 23.1 Å². The van der Waals surface area contributed by atoms with Crippen molar-refractivity contribution < 1.29 is 27.5 Å². The first-order chi connectivity index (χ1) is 19.3. The molecule has 13 heteroatoms. The number of thiazole rings is 1. The lowest BCUT2D eigenvalue weighted by atomic mass is 9.96. The van der Waals surface area contributed by atoms with Gasteiger partial charge in [0.2, 0.25) is 5.01 Å². The number of rotatable bonds is 6. The number of aliphatic hydroxyl groups is 1. The quantitative estimate of drug-likeness (QED) is 0.299. The molecule has 3 heterocycles. The van der Waals surface area contributed by atoms with Gasteiger partial charge in [-0.25, -0.2) is 4.98 Å². The molecule has 206 valence electrons. The van der Waals surface area contributed by atoms with Crippen LogP contribution >= 0.6 is 11.3 Å². The fourth-order valence-electron chi connectivity index (χ4n) is 4.85. The van der Waals surface area contributed by atoms with E-state index in [0.29, 0.717) is 29.9 Å². The van der Waals surface area contributed by atoms with Crippen molar-refractivity contribution in [3.63, 3.8) is 0 Å². The van der Waals surface area contributed by atoms with Gasteiger partial charge in [0.1, 0.15) is 5.00 Å². The van der Waals surface area contributed by atoms with E-state index in [-0.39, 0.29) is 34.8 Å². The third-order valence-corrected chi connectivity index (χ3v) is 7.83. The van der Waals surface area contributed by atoms with E-state index >= 15 is 0 Å². The lowest BCUT2D eigenvalue weighted by molar-refractivity contribution is -0.137. The van der Waals surface area contributed by atoms with Gasteiger partial charge in [0.05, 0.1) is 17.9 Å². The molecule has 1 saturated carbocycles. The molecule has 2 aliphatic rings. The SMILES string of the molecule is O=C1Cc2ccccc2C(c2ccccc2)=N[C@@H]1Nc1nnc(-c2nc(C(F)(F)F)sc2N[C@@H]2CCC[C@@H]2O)o1. The molecule has 0 unspecified atom stereocenters. The molecule has 0 amide bonds. The lowest BCUT2D eigenvalue weighted by Crippen LogP contribution is -2.29. The Bertz CT molecular complexity index is 1570. The highest BCUT2D eigenvalue weighted by Crippen LogP contribution is 2.42. The van der Waals surface area contributed by atoms with Crippen molar-refractivity contribution in [2.75, 3.05) is 10.6 Å². The Morgan fingerprint density at radius 1 is 1.00 bits per heavy atom. The molecule has 1 aliphatic carbocycles. The second-order valence-corrected chi connectivity index (χ2v) is 10.5. The van der Waals surface area contributed by atoms with Crippen LogP contribution in [-0.4, -0.2) is 50.1 Å². The highest BCUT2D eigenvalue weighted by atomic mass is 32.1. The Labute approximate surface area is 230 Å². The number of aromatic nitrogens is 3. The molecule has 2 aromatic heterocycles. The van der Waals surface area contributed by atoms with E-state index in [2.05, 4.69) is 25.8 Å².